The van der Waals surface area contributed by atoms with E-state index in [1.165, 1.54) is 32.5 Å². The summed E-state index contributed by atoms with van der Waals surface area (Å²) in [7, 11) is 2.93. The maximum atomic E-state index is 12.3. The smallest absolute Gasteiger partial charge is 0.346 e. The second kappa shape index (κ2) is 7.59. The van der Waals surface area contributed by atoms with Crippen LogP contribution in [0.2, 0.25) is 0 Å². The van der Waals surface area contributed by atoms with Crippen LogP contribution in [0.25, 0.3) is 0 Å². The van der Waals surface area contributed by atoms with E-state index in [1.54, 1.807) is 23.6 Å². The van der Waals surface area contributed by atoms with Crippen LogP contribution in [0.3, 0.4) is 0 Å². The van der Waals surface area contributed by atoms with Crippen LogP contribution in [0.15, 0.2) is 23.6 Å². The predicted octanol–water partition coefficient (Wildman–Crippen LogP) is 2.48. The average Bonchev–Trinajstić information content (AvgIpc) is 2.98. The van der Waals surface area contributed by atoms with E-state index in [0.717, 1.165) is 0 Å². The van der Waals surface area contributed by atoms with E-state index >= 15 is 0 Å². The van der Waals surface area contributed by atoms with E-state index in [-0.39, 0.29) is 18.1 Å². The number of thiazole rings is 1. The molecule has 0 saturated heterocycles. The van der Waals surface area contributed by atoms with Crippen LogP contribution in [-0.2, 0) is 16.1 Å². The second-order valence-electron chi connectivity index (χ2n) is 4.44. The number of carbonyl (C=O) groups is 2. The van der Waals surface area contributed by atoms with Gasteiger partial charge in [-0.25, -0.2) is 9.78 Å². The van der Waals surface area contributed by atoms with Gasteiger partial charge >= 0.3 is 5.97 Å². The molecule has 0 aliphatic rings. The summed E-state index contributed by atoms with van der Waals surface area (Å²) >= 11 is 1.26. The lowest BCUT2D eigenvalue weighted by Crippen LogP contribution is -2.09. The van der Waals surface area contributed by atoms with Crippen LogP contribution in [-0.4, -0.2) is 31.1 Å². The number of benzene rings is 1. The number of methoxy groups -OCH3 is 2. The summed E-state index contributed by atoms with van der Waals surface area (Å²) in [6.07, 6.45) is 0. The fourth-order valence-corrected chi connectivity index (χ4v) is 2.59. The molecule has 2 rings (SSSR count). The number of aromatic nitrogens is 1. The molecule has 1 N–H and O–H groups in total. The predicted molar refractivity (Wildman–Crippen MR) is 85.1 cm³/mol. The molecule has 1 amide bonds. The second-order valence-corrected chi connectivity index (χ2v) is 5.30. The first-order valence-corrected chi connectivity index (χ1v) is 7.53. The van der Waals surface area contributed by atoms with Crippen LogP contribution in [0.1, 0.15) is 23.0 Å². The van der Waals surface area contributed by atoms with Gasteiger partial charge in [-0.05, 0) is 12.1 Å². The Morgan fingerprint density at radius 2 is 1.87 bits per heavy atom. The maximum Gasteiger partial charge on any atom is 0.346 e. The molecule has 0 unspecified atom stereocenters. The van der Waals surface area contributed by atoms with Crippen LogP contribution in [0, 0.1) is 0 Å². The van der Waals surface area contributed by atoms with E-state index in [4.69, 9.17) is 14.2 Å². The van der Waals surface area contributed by atoms with Gasteiger partial charge < -0.3 is 19.5 Å². The zero-order valence-corrected chi connectivity index (χ0v) is 13.7. The minimum Gasteiger partial charge on any atom is -0.496 e. The number of rotatable bonds is 6. The first kappa shape index (κ1) is 16.8. The van der Waals surface area contributed by atoms with Gasteiger partial charge in [0.25, 0.3) is 0 Å². The standard InChI is InChI=1S/C15H16N2O5S/c1-9(18)16-15-17-10(8-23-15)7-22-14(19)13-11(20-2)5-4-6-12(13)21-3/h4-6,8H,7H2,1-3H3,(H,16,17,18). The van der Waals surface area contributed by atoms with Crippen LogP contribution < -0.4 is 14.8 Å². The van der Waals surface area contributed by atoms with Crippen molar-refractivity contribution in [3.05, 3.63) is 34.8 Å². The lowest BCUT2D eigenvalue weighted by Gasteiger charge is -2.11. The number of hydrogen-bond donors (Lipinski definition) is 1. The molecule has 2 aromatic rings. The number of esters is 1. The first-order valence-electron chi connectivity index (χ1n) is 6.65. The number of nitrogens with one attached hydrogen (secondary N) is 1. The third kappa shape index (κ3) is 4.19. The monoisotopic (exact) mass is 336 g/mol. The zero-order valence-electron chi connectivity index (χ0n) is 12.9. The number of hydrogen-bond acceptors (Lipinski definition) is 7. The van der Waals surface area contributed by atoms with Gasteiger partial charge in [-0.3, -0.25) is 4.79 Å². The molecule has 0 aliphatic heterocycles. The van der Waals surface area contributed by atoms with Gasteiger partial charge in [0.15, 0.2) is 5.13 Å². The summed E-state index contributed by atoms with van der Waals surface area (Å²) < 4.78 is 15.6. The molecule has 0 aliphatic carbocycles. The molecule has 1 aromatic heterocycles. The number of carbonyl (C=O) groups excluding carboxylic acids is 2. The summed E-state index contributed by atoms with van der Waals surface area (Å²) in [6, 6.07) is 5.02. The Morgan fingerprint density at radius 3 is 2.43 bits per heavy atom. The topological polar surface area (TPSA) is 86.8 Å². The number of amides is 1. The molecule has 0 spiro atoms. The van der Waals surface area contributed by atoms with Crippen molar-refractivity contribution in [2.45, 2.75) is 13.5 Å². The Morgan fingerprint density at radius 1 is 1.22 bits per heavy atom. The summed E-state index contributed by atoms with van der Waals surface area (Å²) in [4.78, 5) is 27.4. The van der Waals surface area contributed by atoms with Gasteiger partial charge in [-0.1, -0.05) is 6.07 Å². The zero-order chi connectivity index (χ0) is 16.8. The van der Waals surface area contributed by atoms with Crippen molar-refractivity contribution in [2.24, 2.45) is 0 Å². The van der Waals surface area contributed by atoms with Gasteiger partial charge in [0.1, 0.15) is 23.7 Å². The van der Waals surface area contributed by atoms with E-state index in [1.807, 2.05) is 0 Å². The molecule has 1 heterocycles. The molecule has 7 nitrogen and oxygen atoms in total. The number of ether oxygens (including phenoxy) is 3. The fraction of sp³-hybridized carbons (Fsp3) is 0.267. The third-order valence-electron chi connectivity index (χ3n) is 2.82. The minimum atomic E-state index is -0.576. The van der Waals surface area contributed by atoms with Gasteiger partial charge in [0, 0.05) is 12.3 Å². The van der Waals surface area contributed by atoms with E-state index in [2.05, 4.69) is 10.3 Å². The molecule has 8 heteroatoms. The van der Waals surface area contributed by atoms with Crippen LogP contribution in [0.5, 0.6) is 11.5 Å². The molecule has 0 radical (unpaired) electrons. The van der Waals surface area contributed by atoms with E-state index < -0.39 is 5.97 Å². The molecular weight excluding hydrogens is 320 g/mol. The van der Waals surface area contributed by atoms with Gasteiger partial charge in [0.05, 0.1) is 19.9 Å². The van der Waals surface area contributed by atoms with Crippen LogP contribution in [0.4, 0.5) is 5.13 Å². The molecule has 122 valence electrons. The Hall–Kier alpha value is -2.61. The summed E-state index contributed by atoms with van der Waals surface area (Å²) in [5.41, 5.74) is 0.760. The van der Waals surface area contributed by atoms with E-state index in [9.17, 15) is 9.59 Å². The Bertz CT molecular complexity index is 691. The first-order chi connectivity index (χ1) is 11.0. The molecule has 0 bridgehead atoms. The van der Waals surface area contributed by atoms with Crippen LogP contribution >= 0.6 is 11.3 Å². The van der Waals surface area contributed by atoms with Gasteiger partial charge in [-0.2, -0.15) is 0 Å². The minimum absolute atomic E-state index is 0.0177. The Balaban J connectivity index is 2.08. The third-order valence-corrected chi connectivity index (χ3v) is 3.62. The molecule has 0 fully saturated rings. The highest BCUT2D eigenvalue weighted by Gasteiger charge is 2.20. The average molecular weight is 336 g/mol. The highest BCUT2D eigenvalue weighted by molar-refractivity contribution is 7.13. The highest BCUT2D eigenvalue weighted by atomic mass is 32.1. The maximum absolute atomic E-state index is 12.3. The SMILES string of the molecule is COc1cccc(OC)c1C(=O)OCc1csc(NC(C)=O)n1. The van der Waals surface area contributed by atoms with Crippen molar-refractivity contribution in [1.82, 2.24) is 4.98 Å². The van der Waals surface area contributed by atoms with Crippen molar-refractivity contribution in [3.63, 3.8) is 0 Å². The Labute approximate surface area is 137 Å². The molecule has 1 aromatic carbocycles. The van der Waals surface area contributed by atoms with Gasteiger partial charge in [0.2, 0.25) is 5.91 Å². The highest BCUT2D eigenvalue weighted by Crippen LogP contribution is 2.29. The van der Waals surface area contributed by atoms with Crippen molar-refractivity contribution < 1.29 is 23.8 Å². The lowest BCUT2D eigenvalue weighted by molar-refractivity contribution is -0.114. The summed E-state index contributed by atoms with van der Waals surface area (Å²) in [5, 5.41) is 4.73. The normalized spacial score (nSPS) is 10.0. The quantitative estimate of drug-likeness (QED) is 0.816. The van der Waals surface area contributed by atoms with Crippen molar-refractivity contribution in [2.75, 3.05) is 19.5 Å². The summed E-state index contributed by atoms with van der Waals surface area (Å²) in [5.74, 6) is -0.0480. The van der Waals surface area contributed by atoms with Crippen molar-refractivity contribution >= 4 is 28.3 Å². The van der Waals surface area contributed by atoms with Crippen molar-refractivity contribution in [1.29, 1.82) is 0 Å². The summed E-state index contributed by atoms with van der Waals surface area (Å²) in [6.45, 7) is 1.38. The molecule has 0 atom stereocenters. The fourth-order valence-electron chi connectivity index (χ4n) is 1.85. The van der Waals surface area contributed by atoms with Gasteiger partial charge in [-0.15, -0.1) is 11.3 Å². The largest absolute Gasteiger partial charge is 0.496 e. The number of nitrogens with zero attached hydrogens (tertiary/aromatic N) is 1. The number of anilines is 1. The van der Waals surface area contributed by atoms with Crippen molar-refractivity contribution in [3.8, 4) is 11.5 Å². The lowest BCUT2D eigenvalue weighted by atomic mass is 10.2. The molecular formula is C15H16N2O5S. The molecule has 0 saturated carbocycles. The molecule has 23 heavy (non-hydrogen) atoms. The van der Waals surface area contributed by atoms with E-state index in [0.29, 0.717) is 22.3 Å². The Kier molecular flexibility index (Phi) is 5.53.